The molecule has 0 aromatic heterocycles. The van der Waals surface area contributed by atoms with Gasteiger partial charge in [0.15, 0.2) is 0 Å². The number of nitrogens with two attached hydrogens (primary N) is 1. The maximum atomic E-state index is 12.4. The number of hydrogen-bond donors (Lipinski definition) is 1. The van der Waals surface area contributed by atoms with Crippen molar-refractivity contribution >= 4 is 5.91 Å². The molecular weight excluding hydrogens is 224 g/mol. The van der Waals surface area contributed by atoms with Gasteiger partial charge in [-0.2, -0.15) is 0 Å². The van der Waals surface area contributed by atoms with Crippen molar-refractivity contribution in [2.75, 3.05) is 13.6 Å². The molecule has 0 spiro atoms. The first-order valence-electron chi connectivity index (χ1n) is 7.47. The van der Waals surface area contributed by atoms with Gasteiger partial charge in [-0.3, -0.25) is 4.79 Å². The number of amides is 1. The van der Waals surface area contributed by atoms with Crippen molar-refractivity contribution in [2.24, 2.45) is 23.5 Å². The number of hydrogen-bond acceptors (Lipinski definition) is 2. The molecule has 2 N–H and O–H groups in total. The topological polar surface area (TPSA) is 46.3 Å². The highest BCUT2D eigenvalue weighted by Crippen LogP contribution is 2.33. The van der Waals surface area contributed by atoms with Crippen molar-refractivity contribution < 1.29 is 4.79 Å². The van der Waals surface area contributed by atoms with E-state index >= 15 is 0 Å². The molecule has 1 amide bonds. The van der Waals surface area contributed by atoms with Gasteiger partial charge >= 0.3 is 0 Å². The highest BCUT2D eigenvalue weighted by atomic mass is 16.2. The lowest BCUT2D eigenvalue weighted by Gasteiger charge is -2.37. The van der Waals surface area contributed by atoms with Gasteiger partial charge in [-0.25, -0.2) is 0 Å². The van der Waals surface area contributed by atoms with Gasteiger partial charge in [-0.05, 0) is 31.1 Å². The molecule has 0 saturated heterocycles. The highest BCUT2D eigenvalue weighted by molar-refractivity contribution is 5.79. The third-order valence-corrected chi connectivity index (χ3v) is 4.48. The van der Waals surface area contributed by atoms with E-state index in [-0.39, 0.29) is 12.0 Å². The second-order valence-corrected chi connectivity index (χ2v) is 6.16. The second kappa shape index (κ2) is 7.13. The van der Waals surface area contributed by atoms with Crippen molar-refractivity contribution in [1.29, 1.82) is 0 Å². The Balaban J connectivity index is 2.49. The molecule has 1 aliphatic carbocycles. The minimum absolute atomic E-state index is 0.142. The normalized spacial score (nSPS) is 32.3. The molecule has 1 fully saturated rings. The lowest BCUT2D eigenvalue weighted by atomic mass is 9.72. The van der Waals surface area contributed by atoms with E-state index in [1.54, 1.807) is 0 Å². The molecule has 3 nitrogen and oxygen atoms in total. The standard InChI is InChI=1S/C15H30N2O/c1-5-6-7-8-17(4)15(18)13-10-14(16)12(3)9-11(13)2/h11-14H,5-10,16H2,1-4H3. The van der Waals surface area contributed by atoms with Crippen LogP contribution in [-0.2, 0) is 4.79 Å². The van der Waals surface area contributed by atoms with Crippen LogP contribution in [0.4, 0.5) is 0 Å². The summed E-state index contributed by atoms with van der Waals surface area (Å²) < 4.78 is 0. The van der Waals surface area contributed by atoms with Crippen LogP contribution in [0.15, 0.2) is 0 Å². The van der Waals surface area contributed by atoms with Crippen LogP contribution in [0.25, 0.3) is 0 Å². The SMILES string of the molecule is CCCCCN(C)C(=O)C1CC(N)C(C)CC1C. The summed E-state index contributed by atoms with van der Waals surface area (Å²) in [5.74, 6) is 1.47. The van der Waals surface area contributed by atoms with Crippen LogP contribution in [0.5, 0.6) is 0 Å². The van der Waals surface area contributed by atoms with Crippen LogP contribution in [0.3, 0.4) is 0 Å². The van der Waals surface area contributed by atoms with Crippen LogP contribution >= 0.6 is 0 Å². The van der Waals surface area contributed by atoms with Crippen LogP contribution in [0, 0.1) is 17.8 Å². The van der Waals surface area contributed by atoms with Crippen molar-refractivity contribution in [2.45, 2.75) is 58.9 Å². The molecule has 1 rings (SSSR count). The molecule has 0 aliphatic heterocycles. The molecule has 0 bridgehead atoms. The fourth-order valence-electron chi connectivity index (χ4n) is 3.02. The largest absolute Gasteiger partial charge is 0.346 e. The molecule has 0 aromatic rings. The average molecular weight is 254 g/mol. The van der Waals surface area contributed by atoms with Gasteiger partial charge in [0.1, 0.15) is 0 Å². The van der Waals surface area contributed by atoms with Crippen molar-refractivity contribution in [3.63, 3.8) is 0 Å². The van der Waals surface area contributed by atoms with Crippen molar-refractivity contribution in [3.05, 3.63) is 0 Å². The summed E-state index contributed by atoms with van der Waals surface area (Å²) in [4.78, 5) is 14.3. The van der Waals surface area contributed by atoms with E-state index in [9.17, 15) is 4.79 Å². The van der Waals surface area contributed by atoms with Crippen LogP contribution in [0.1, 0.15) is 52.9 Å². The maximum absolute atomic E-state index is 12.4. The fraction of sp³-hybridized carbons (Fsp3) is 0.933. The first kappa shape index (κ1) is 15.5. The molecule has 1 saturated carbocycles. The van der Waals surface area contributed by atoms with Gasteiger partial charge in [0, 0.05) is 25.6 Å². The average Bonchev–Trinajstić information content (AvgIpc) is 2.33. The van der Waals surface area contributed by atoms with E-state index in [2.05, 4.69) is 20.8 Å². The third kappa shape index (κ3) is 3.98. The van der Waals surface area contributed by atoms with Crippen LogP contribution < -0.4 is 5.73 Å². The quantitative estimate of drug-likeness (QED) is 0.767. The number of carbonyl (C=O) groups excluding carboxylic acids is 1. The van der Waals surface area contributed by atoms with Gasteiger partial charge < -0.3 is 10.6 Å². The number of unbranched alkanes of at least 4 members (excludes halogenated alkanes) is 2. The Morgan fingerprint density at radius 3 is 2.50 bits per heavy atom. The Labute approximate surface area is 112 Å². The zero-order valence-electron chi connectivity index (χ0n) is 12.5. The van der Waals surface area contributed by atoms with Crippen molar-refractivity contribution in [1.82, 2.24) is 4.90 Å². The van der Waals surface area contributed by atoms with E-state index in [1.807, 2.05) is 11.9 Å². The zero-order chi connectivity index (χ0) is 13.7. The van der Waals surface area contributed by atoms with Gasteiger partial charge in [0.05, 0.1) is 0 Å². The summed E-state index contributed by atoms with van der Waals surface area (Å²) in [7, 11) is 1.94. The molecule has 3 heteroatoms. The predicted octanol–water partition coefficient (Wildman–Crippen LogP) is 2.64. The smallest absolute Gasteiger partial charge is 0.225 e. The van der Waals surface area contributed by atoms with Gasteiger partial charge in [-0.1, -0.05) is 33.6 Å². The highest BCUT2D eigenvalue weighted by Gasteiger charge is 2.36. The molecule has 0 aromatic carbocycles. The Morgan fingerprint density at radius 2 is 1.89 bits per heavy atom. The lowest BCUT2D eigenvalue weighted by molar-refractivity contribution is -0.137. The molecular formula is C15H30N2O. The monoisotopic (exact) mass is 254 g/mol. The summed E-state index contributed by atoms with van der Waals surface area (Å²) in [5, 5.41) is 0. The molecule has 0 radical (unpaired) electrons. The minimum atomic E-state index is 0.142. The minimum Gasteiger partial charge on any atom is -0.346 e. The van der Waals surface area contributed by atoms with Crippen LogP contribution in [0.2, 0.25) is 0 Å². The van der Waals surface area contributed by atoms with E-state index in [0.717, 1.165) is 25.8 Å². The second-order valence-electron chi connectivity index (χ2n) is 6.16. The molecule has 0 heterocycles. The summed E-state index contributed by atoms with van der Waals surface area (Å²) in [6.07, 6.45) is 5.46. The number of rotatable bonds is 5. The number of nitrogens with zero attached hydrogens (tertiary/aromatic N) is 1. The summed E-state index contributed by atoms with van der Waals surface area (Å²) >= 11 is 0. The summed E-state index contributed by atoms with van der Waals surface area (Å²) in [6.45, 7) is 7.48. The predicted molar refractivity (Wildman–Crippen MR) is 76.2 cm³/mol. The first-order chi connectivity index (χ1) is 8.47. The molecule has 4 atom stereocenters. The summed E-state index contributed by atoms with van der Waals surface area (Å²) in [5.41, 5.74) is 6.12. The van der Waals surface area contributed by atoms with E-state index in [4.69, 9.17) is 5.73 Å². The molecule has 1 aliphatic rings. The third-order valence-electron chi connectivity index (χ3n) is 4.48. The van der Waals surface area contributed by atoms with Gasteiger partial charge in [0.2, 0.25) is 5.91 Å². The molecule has 4 unspecified atom stereocenters. The van der Waals surface area contributed by atoms with Crippen molar-refractivity contribution in [3.8, 4) is 0 Å². The van der Waals surface area contributed by atoms with E-state index < -0.39 is 0 Å². The fourth-order valence-corrected chi connectivity index (χ4v) is 3.02. The van der Waals surface area contributed by atoms with E-state index in [0.29, 0.717) is 17.7 Å². The summed E-state index contributed by atoms with van der Waals surface area (Å²) in [6, 6.07) is 0.194. The Morgan fingerprint density at radius 1 is 1.22 bits per heavy atom. The van der Waals surface area contributed by atoms with Gasteiger partial charge in [-0.15, -0.1) is 0 Å². The zero-order valence-corrected chi connectivity index (χ0v) is 12.5. The Hall–Kier alpha value is -0.570. The van der Waals surface area contributed by atoms with Gasteiger partial charge in [0.25, 0.3) is 0 Å². The molecule has 106 valence electrons. The first-order valence-corrected chi connectivity index (χ1v) is 7.47. The number of carbonyl (C=O) groups is 1. The maximum Gasteiger partial charge on any atom is 0.225 e. The molecule has 18 heavy (non-hydrogen) atoms. The Kier molecular flexibility index (Phi) is 6.13. The Bertz CT molecular complexity index is 267. The van der Waals surface area contributed by atoms with Crippen LogP contribution in [-0.4, -0.2) is 30.4 Å². The lowest BCUT2D eigenvalue weighted by Crippen LogP contribution is -2.45. The van der Waals surface area contributed by atoms with E-state index in [1.165, 1.54) is 12.8 Å².